The van der Waals surface area contributed by atoms with Crippen LogP contribution in [0.5, 0.6) is 0 Å². The maximum atomic E-state index is 13.3. The van der Waals surface area contributed by atoms with Gasteiger partial charge >= 0.3 is 23.9 Å². The topological polar surface area (TPSA) is 35.5 Å². The van der Waals surface area contributed by atoms with Gasteiger partial charge in [0.05, 0.1) is 0 Å². The number of esters is 1. The van der Waals surface area contributed by atoms with Gasteiger partial charge in [-0.25, -0.2) is 4.79 Å². The van der Waals surface area contributed by atoms with Gasteiger partial charge in [-0.1, -0.05) is 6.58 Å². The highest BCUT2D eigenvalue weighted by Gasteiger charge is 2.73. The first kappa shape index (κ1) is 25.2. The van der Waals surface area contributed by atoms with Gasteiger partial charge < -0.3 is 8.85 Å². The molecular weight excluding hydrogens is 398 g/mol. The van der Waals surface area contributed by atoms with E-state index in [-0.39, 0.29) is 6.04 Å². The van der Waals surface area contributed by atoms with Gasteiger partial charge in [-0.15, -0.1) is 0 Å². The third-order valence-electron chi connectivity index (χ3n) is 3.42. The summed E-state index contributed by atoms with van der Waals surface area (Å²) in [5.74, 6) is -1.73. The van der Waals surface area contributed by atoms with E-state index in [0.717, 1.165) is 6.92 Å². The van der Waals surface area contributed by atoms with Gasteiger partial charge in [-0.3, -0.25) is 0 Å². The van der Waals surface area contributed by atoms with Crippen LogP contribution >= 0.6 is 0 Å². The number of carbonyl (C=O) groups excluding carboxylic acids is 1. The van der Waals surface area contributed by atoms with Crippen LogP contribution in [0.15, 0.2) is 12.2 Å². The lowest BCUT2D eigenvalue weighted by molar-refractivity contribution is -0.370. The van der Waals surface area contributed by atoms with E-state index in [4.69, 9.17) is 4.12 Å². The van der Waals surface area contributed by atoms with Crippen molar-refractivity contribution in [2.45, 2.75) is 76.5 Å². The number of alkyl halides is 6. The molecule has 0 aliphatic heterocycles. The molecule has 0 aromatic heterocycles. The molecule has 0 aliphatic carbocycles. The maximum absolute atomic E-state index is 13.3. The van der Waals surface area contributed by atoms with E-state index in [1.54, 1.807) is 13.1 Å². The summed E-state index contributed by atoms with van der Waals surface area (Å²) >= 11 is 0. The van der Waals surface area contributed by atoms with Crippen LogP contribution in [-0.2, 0) is 13.6 Å². The summed E-state index contributed by atoms with van der Waals surface area (Å²) < 4.78 is 89.9. The third-order valence-corrected chi connectivity index (χ3v) is 9.64. The van der Waals surface area contributed by atoms with Crippen molar-refractivity contribution in [3.63, 3.8) is 0 Å². The second-order valence-electron chi connectivity index (χ2n) is 7.82. The summed E-state index contributed by atoms with van der Waals surface area (Å²) in [5, 5.41) is 0. The number of halogens is 6. The van der Waals surface area contributed by atoms with Crippen LogP contribution in [0.1, 0.15) is 19.8 Å². The van der Waals surface area contributed by atoms with Crippen LogP contribution in [0, 0.1) is 0 Å². The molecule has 0 aromatic rings. The Balaban J connectivity index is 5.57. The maximum Gasteiger partial charge on any atom is 0.437 e. The first-order chi connectivity index (χ1) is 11.2. The molecule has 0 amide bonds. The minimum atomic E-state index is -5.80. The highest BCUT2D eigenvalue weighted by Crippen LogP contribution is 2.49. The number of ether oxygens (including phenoxy) is 1. The third kappa shape index (κ3) is 7.07. The Labute approximate surface area is 152 Å². The lowest BCUT2D eigenvalue weighted by atomic mass is 9.96. The Morgan fingerprint density at radius 3 is 1.69 bits per heavy atom. The zero-order valence-corrected chi connectivity index (χ0v) is 17.8. The van der Waals surface area contributed by atoms with Crippen LogP contribution in [-0.4, -0.2) is 40.6 Å². The smallest absolute Gasteiger partial charge is 0.437 e. The summed E-state index contributed by atoms with van der Waals surface area (Å²) in [6.45, 7) is 13.2. The molecule has 0 aromatic carbocycles. The Morgan fingerprint density at radius 1 is 0.962 bits per heavy atom. The molecule has 0 unspecified atom stereocenters. The van der Waals surface area contributed by atoms with Crippen LogP contribution in [0.4, 0.5) is 26.3 Å². The van der Waals surface area contributed by atoms with Gasteiger partial charge in [-0.2, -0.15) is 26.3 Å². The van der Waals surface area contributed by atoms with Crippen molar-refractivity contribution >= 4 is 22.6 Å². The Bertz CT molecular complexity index is 507. The van der Waals surface area contributed by atoms with E-state index in [0.29, 0.717) is 0 Å². The highest BCUT2D eigenvalue weighted by atomic mass is 28.4. The van der Waals surface area contributed by atoms with E-state index < -0.39 is 59.0 Å². The predicted molar refractivity (Wildman–Crippen MR) is 91.7 cm³/mol. The molecule has 0 heterocycles. The monoisotopic (exact) mass is 424 g/mol. The lowest BCUT2D eigenvalue weighted by Gasteiger charge is -2.37. The fourth-order valence-electron chi connectivity index (χ4n) is 2.50. The fraction of sp³-hybridized carbons (Fsp3) is 0.800. The van der Waals surface area contributed by atoms with Gasteiger partial charge in [-0.05, 0) is 52.1 Å². The standard InChI is InChI=1S/C15H26F6O3Si2/c1-11(2)12(22)23-13(14(16,17)18,15(19,20)21)9-8-10-26(6,7)24-25(3,4)5/h1,8-10H2,2-7H3. The summed E-state index contributed by atoms with van der Waals surface area (Å²) in [4.78, 5) is 11.5. The van der Waals surface area contributed by atoms with Gasteiger partial charge in [0.1, 0.15) is 0 Å². The number of carbonyl (C=O) groups is 1. The van der Waals surface area contributed by atoms with Crippen LogP contribution in [0.2, 0.25) is 38.8 Å². The van der Waals surface area contributed by atoms with Crippen molar-refractivity contribution in [3.05, 3.63) is 12.2 Å². The molecule has 3 nitrogen and oxygen atoms in total. The van der Waals surface area contributed by atoms with Crippen molar-refractivity contribution in [3.8, 4) is 0 Å². The second-order valence-corrected chi connectivity index (χ2v) is 16.9. The largest absolute Gasteiger partial charge is 0.456 e. The molecule has 26 heavy (non-hydrogen) atoms. The average molecular weight is 425 g/mol. The van der Waals surface area contributed by atoms with Crippen molar-refractivity contribution in [1.82, 2.24) is 0 Å². The van der Waals surface area contributed by atoms with Crippen molar-refractivity contribution in [2.24, 2.45) is 0 Å². The van der Waals surface area contributed by atoms with Crippen molar-refractivity contribution in [2.75, 3.05) is 0 Å². The van der Waals surface area contributed by atoms with Crippen LogP contribution < -0.4 is 0 Å². The molecule has 0 spiro atoms. The molecule has 0 N–H and O–H groups in total. The summed E-state index contributed by atoms with van der Waals surface area (Å²) in [7, 11) is -4.43. The highest BCUT2D eigenvalue weighted by molar-refractivity contribution is 6.84. The number of hydrogen-bond donors (Lipinski definition) is 0. The van der Waals surface area contributed by atoms with Gasteiger partial charge in [0.15, 0.2) is 16.6 Å². The molecule has 154 valence electrons. The molecule has 0 saturated carbocycles. The fourth-order valence-corrected chi connectivity index (χ4v) is 10.6. The van der Waals surface area contributed by atoms with E-state index in [1.807, 2.05) is 19.6 Å². The van der Waals surface area contributed by atoms with Crippen molar-refractivity contribution < 1.29 is 40.0 Å². The van der Waals surface area contributed by atoms with Crippen LogP contribution in [0.25, 0.3) is 0 Å². The van der Waals surface area contributed by atoms with Crippen molar-refractivity contribution in [1.29, 1.82) is 0 Å². The van der Waals surface area contributed by atoms with E-state index in [1.165, 1.54) is 0 Å². The molecule has 0 bridgehead atoms. The quantitative estimate of drug-likeness (QED) is 0.214. The lowest BCUT2D eigenvalue weighted by Crippen LogP contribution is -2.59. The zero-order chi connectivity index (χ0) is 21.2. The van der Waals surface area contributed by atoms with Crippen LogP contribution in [0.3, 0.4) is 0 Å². The molecular formula is C15H26F6O3Si2. The molecule has 0 saturated heterocycles. The zero-order valence-electron chi connectivity index (χ0n) is 15.8. The molecule has 0 rings (SSSR count). The Hall–Kier alpha value is -0.816. The van der Waals surface area contributed by atoms with Gasteiger partial charge in [0, 0.05) is 12.0 Å². The molecule has 0 atom stereocenters. The minimum Gasteiger partial charge on any atom is -0.456 e. The Kier molecular flexibility index (Phi) is 7.80. The molecule has 11 heteroatoms. The van der Waals surface area contributed by atoms with Gasteiger partial charge in [0.25, 0.3) is 0 Å². The first-order valence-corrected chi connectivity index (χ1v) is 14.5. The number of rotatable bonds is 8. The molecule has 0 aliphatic rings. The summed E-state index contributed by atoms with van der Waals surface area (Å²) in [6.07, 6.45) is -13.5. The molecule has 0 radical (unpaired) electrons. The Morgan fingerprint density at radius 2 is 1.38 bits per heavy atom. The average Bonchev–Trinajstić information content (AvgIpc) is 2.30. The van der Waals surface area contributed by atoms with E-state index in [9.17, 15) is 31.1 Å². The molecule has 0 fully saturated rings. The second kappa shape index (κ2) is 8.05. The van der Waals surface area contributed by atoms with Gasteiger partial charge in [0.2, 0.25) is 0 Å². The SMILES string of the molecule is C=C(C)C(=O)OC(CCC[Si](C)(C)O[Si](C)(C)C)(C(F)(F)F)C(F)(F)F. The van der Waals surface area contributed by atoms with E-state index in [2.05, 4.69) is 11.3 Å². The number of hydrogen-bond acceptors (Lipinski definition) is 3. The normalized spacial score (nSPS) is 14.3. The van der Waals surface area contributed by atoms with E-state index >= 15 is 0 Å². The summed E-state index contributed by atoms with van der Waals surface area (Å²) in [6, 6.07) is 0.0792. The predicted octanol–water partition coefficient (Wildman–Crippen LogP) is 5.81. The first-order valence-electron chi connectivity index (χ1n) is 7.97. The minimum absolute atomic E-state index is 0.0792. The summed E-state index contributed by atoms with van der Waals surface area (Å²) in [5.41, 5.74) is -5.10.